The van der Waals surface area contributed by atoms with Crippen molar-refractivity contribution in [2.24, 2.45) is 0 Å². The van der Waals surface area contributed by atoms with Crippen LogP contribution in [0.25, 0.3) is 5.69 Å². The number of carbonyl (C=O) groups is 1. The summed E-state index contributed by atoms with van der Waals surface area (Å²) in [5.41, 5.74) is 1.05. The molecule has 0 spiro atoms. The van der Waals surface area contributed by atoms with Gasteiger partial charge in [0.05, 0.1) is 29.0 Å². The number of aromatic nitrogens is 2. The van der Waals surface area contributed by atoms with Gasteiger partial charge in [-0.1, -0.05) is 12.1 Å². The molecule has 1 aromatic heterocycles. The van der Waals surface area contributed by atoms with Crippen LogP contribution in [0, 0.1) is 12.7 Å². The number of hydrogen-bond acceptors (Lipinski definition) is 4. The Morgan fingerprint density at radius 1 is 1.39 bits per heavy atom. The molecular weight excluding hydrogens is 321 g/mol. The molecule has 1 amide bonds. The summed E-state index contributed by atoms with van der Waals surface area (Å²) >= 11 is 0. The van der Waals surface area contributed by atoms with Crippen LogP contribution < -0.4 is 5.32 Å². The standard InChI is InChI=1S/C15H16FN3O3S/c1-10-12(15(20)18-11-6-7-23(21,22)9-11)8-17-19(10)14-5-3-2-4-13(14)16/h2-5,8,11H,6-7,9H2,1H3,(H,18,20). The maximum absolute atomic E-state index is 13.9. The minimum absolute atomic E-state index is 0.0424. The minimum Gasteiger partial charge on any atom is -0.348 e. The summed E-state index contributed by atoms with van der Waals surface area (Å²) in [6, 6.07) is 5.76. The fraction of sp³-hybridized carbons (Fsp3) is 0.333. The fourth-order valence-electron chi connectivity index (χ4n) is 2.67. The van der Waals surface area contributed by atoms with Crippen LogP contribution in [0.4, 0.5) is 4.39 Å². The van der Waals surface area contributed by atoms with Crippen molar-refractivity contribution < 1.29 is 17.6 Å². The molecule has 1 atom stereocenters. The summed E-state index contributed by atoms with van der Waals surface area (Å²) in [7, 11) is -3.06. The van der Waals surface area contributed by atoms with Gasteiger partial charge in [0.15, 0.2) is 9.84 Å². The molecule has 1 unspecified atom stereocenters. The highest BCUT2D eigenvalue weighted by molar-refractivity contribution is 7.91. The summed E-state index contributed by atoms with van der Waals surface area (Å²) in [6.45, 7) is 1.67. The second-order valence-electron chi connectivity index (χ2n) is 5.58. The third kappa shape index (κ3) is 3.12. The molecule has 0 saturated carbocycles. The van der Waals surface area contributed by atoms with Crippen molar-refractivity contribution in [1.82, 2.24) is 15.1 Å². The molecule has 8 heteroatoms. The number of sulfone groups is 1. The largest absolute Gasteiger partial charge is 0.348 e. The molecule has 0 bridgehead atoms. The van der Waals surface area contributed by atoms with E-state index in [0.717, 1.165) is 0 Å². The normalized spacial score (nSPS) is 19.7. The van der Waals surface area contributed by atoms with E-state index in [1.54, 1.807) is 25.1 Å². The van der Waals surface area contributed by atoms with Crippen LogP contribution in [0.15, 0.2) is 30.5 Å². The number of halogens is 1. The van der Waals surface area contributed by atoms with Crippen molar-refractivity contribution in [2.75, 3.05) is 11.5 Å². The summed E-state index contributed by atoms with van der Waals surface area (Å²) < 4.78 is 38.1. The van der Waals surface area contributed by atoms with Gasteiger partial charge in [-0.05, 0) is 25.5 Å². The van der Waals surface area contributed by atoms with E-state index in [4.69, 9.17) is 0 Å². The lowest BCUT2D eigenvalue weighted by Crippen LogP contribution is -2.35. The summed E-state index contributed by atoms with van der Waals surface area (Å²) in [4.78, 5) is 12.3. The molecule has 1 fully saturated rings. The number of rotatable bonds is 3. The predicted molar refractivity (Wildman–Crippen MR) is 82.8 cm³/mol. The number of amides is 1. The molecule has 6 nitrogen and oxygen atoms in total. The topological polar surface area (TPSA) is 81.1 Å². The number of nitrogens with zero attached hydrogens (tertiary/aromatic N) is 2. The average molecular weight is 337 g/mol. The van der Waals surface area contributed by atoms with Gasteiger partial charge in [0.2, 0.25) is 0 Å². The molecule has 2 aromatic rings. The molecule has 1 N–H and O–H groups in total. The summed E-state index contributed by atoms with van der Waals surface area (Å²) in [6.07, 6.45) is 1.77. The van der Waals surface area contributed by atoms with Gasteiger partial charge in [-0.2, -0.15) is 5.10 Å². The van der Waals surface area contributed by atoms with Crippen molar-refractivity contribution in [3.05, 3.63) is 47.5 Å². The van der Waals surface area contributed by atoms with E-state index in [1.165, 1.54) is 16.9 Å². The maximum Gasteiger partial charge on any atom is 0.255 e. The van der Waals surface area contributed by atoms with Crippen LogP contribution in [0.3, 0.4) is 0 Å². The highest BCUT2D eigenvalue weighted by Crippen LogP contribution is 2.18. The van der Waals surface area contributed by atoms with Gasteiger partial charge in [-0.3, -0.25) is 4.79 Å². The van der Waals surface area contributed by atoms with Crippen molar-refractivity contribution in [1.29, 1.82) is 0 Å². The van der Waals surface area contributed by atoms with Gasteiger partial charge < -0.3 is 5.32 Å². The van der Waals surface area contributed by atoms with Crippen molar-refractivity contribution in [2.45, 2.75) is 19.4 Å². The summed E-state index contributed by atoms with van der Waals surface area (Å²) in [5.74, 6) is -0.787. The zero-order valence-electron chi connectivity index (χ0n) is 12.5. The van der Waals surface area contributed by atoms with E-state index in [-0.39, 0.29) is 23.2 Å². The van der Waals surface area contributed by atoms with E-state index < -0.39 is 21.6 Å². The average Bonchev–Trinajstić information content (AvgIpc) is 3.02. The first-order valence-corrected chi connectivity index (χ1v) is 9.00. The first-order valence-electron chi connectivity index (χ1n) is 7.18. The molecule has 0 aliphatic carbocycles. The smallest absolute Gasteiger partial charge is 0.255 e. The van der Waals surface area contributed by atoms with Crippen molar-refractivity contribution in [3.63, 3.8) is 0 Å². The predicted octanol–water partition coefficient (Wildman–Crippen LogP) is 1.24. The van der Waals surface area contributed by atoms with Crippen LogP contribution in [0.5, 0.6) is 0 Å². The van der Waals surface area contributed by atoms with E-state index in [1.807, 2.05) is 0 Å². The second kappa shape index (κ2) is 5.77. The maximum atomic E-state index is 13.9. The van der Waals surface area contributed by atoms with E-state index in [9.17, 15) is 17.6 Å². The molecule has 23 heavy (non-hydrogen) atoms. The highest BCUT2D eigenvalue weighted by atomic mass is 32.2. The molecule has 122 valence electrons. The number of carbonyl (C=O) groups excluding carboxylic acids is 1. The van der Waals surface area contributed by atoms with Crippen LogP contribution in [0.1, 0.15) is 22.5 Å². The van der Waals surface area contributed by atoms with Crippen LogP contribution in [-0.4, -0.2) is 41.7 Å². The molecule has 1 saturated heterocycles. The SMILES string of the molecule is Cc1c(C(=O)NC2CCS(=O)(=O)C2)cnn1-c1ccccc1F. The lowest BCUT2D eigenvalue weighted by atomic mass is 10.2. The fourth-order valence-corrected chi connectivity index (χ4v) is 4.34. The lowest BCUT2D eigenvalue weighted by Gasteiger charge is -2.11. The number of para-hydroxylation sites is 1. The Bertz CT molecular complexity index is 861. The molecule has 1 aliphatic heterocycles. The Morgan fingerprint density at radius 2 is 2.13 bits per heavy atom. The third-order valence-electron chi connectivity index (χ3n) is 3.90. The quantitative estimate of drug-likeness (QED) is 0.914. The molecule has 2 heterocycles. The van der Waals surface area contributed by atoms with Gasteiger partial charge in [-0.15, -0.1) is 0 Å². The molecular formula is C15H16FN3O3S. The molecule has 1 aliphatic rings. The Kier molecular flexibility index (Phi) is 3.93. The van der Waals surface area contributed by atoms with Crippen molar-refractivity contribution >= 4 is 15.7 Å². The third-order valence-corrected chi connectivity index (χ3v) is 5.67. The first-order chi connectivity index (χ1) is 10.9. The minimum atomic E-state index is -3.06. The Hall–Kier alpha value is -2.22. The van der Waals surface area contributed by atoms with E-state index in [2.05, 4.69) is 10.4 Å². The van der Waals surface area contributed by atoms with Gasteiger partial charge >= 0.3 is 0 Å². The molecule has 3 rings (SSSR count). The van der Waals surface area contributed by atoms with E-state index >= 15 is 0 Å². The lowest BCUT2D eigenvalue weighted by molar-refractivity contribution is 0.0940. The Morgan fingerprint density at radius 3 is 2.78 bits per heavy atom. The van der Waals surface area contributed by atoms with Crippen LogP contribution in [0.2, 0.25) is 0 Å². The van der Waals surface area contributed by atoms with Gasteiger partial charge in [0.1, 0.15) is 11.5 Å². The second-order valence-corrected chi connectivity index (χ2v) is 7.81. The summed E-state index contributed by atoms with van der Waals surface area (Å²) in [5, 5.41) is 6.77. The highest BCUT2D eigenvalue weighted by Gasteiger charge is 2.30. The van der Waals surface area contributed by atoms with Gasteiger partial charge in [0, 0.05) is 6.04 Å². The van der Waals surface area contributed by atoms with Gasteiger partial charge in [-0.25, -0.2) is 17.5 Å². The van der Waals surface area contributed by atoms with E-state index in [0.29, 0.717) is 17.7 Å². The number of nitrogens with one attached hydrogen (secondary N) is 1. The Balaban J connectivity index is 1.82. The monoisotopic (exact) mass is 337 g/mol. The van der Waals surface area contributed by atoms with Crippen LogP contribution >= 0.6 is 0 Å². The molecule has 0 radical (unpaired) electrons. The van der Waals surface area contributed by atoms with Crippen LogP contribution in [-0.2, 0) is 9.84 Å². The number of hydrogen-bond donors (Lipinski definition) is 1. The number of benzene rings is 1. The van der Waals surface area contributed by atoms with Crippen molar-refractivity contribution in [3.8, 4) is 5.69 Å². The zero-order chi connectivity index (χ0) is 16.6. The Labute approximate surface area is 133 Å². The first kappa shape index (κ1) is 15.7. The zero-order valence-corrected chi connectivity index (χ0v) is 13.3. The molecule has 1 aromatic carbocycles. The van der Waals surface area contributed by atoms with Gasteiger partial charge in [0.25, 0.3) is 5.91 Å².